The molecule has 0 spiro atoms. The lowest BCUT2D eigenvalue weighted by atomic mass is 10.2. The summed E-state index contributed by atoms with van der Waals surface area (Å²) in [6, 6.07) is 14.1. The van der Waals surface area contributed by atoms with Crippen molar-refractivity contribution in [2.24, 2.45) is 0 Å². The number of benzene rings is 1. The maximum atomic E-state index is 5.18. The summed E-state index contributed by atoms with van der Waals surface area (Å²) in [6.45, 7) is 0. The lowest BCUT2D eigenvalue weighted by Gasteiger charge is -2.03. The lowest BCUT2D eigenvalue weighted by molar-refractivity contribution is 0.414. The number of nitrogens with zero attached hydrogens (tertiary/aromatic N) is 1. The molecule has 0 atom stereocenters. The van der Waals surface area contributed by atoms with Gasteiger partial charge in [-0.05, 0) is 29.8 Å². The SMILES string of the molecule is COc1cccc(CSc2ccccn2)c1. The molecule has 0 radical (unpaired) electrons. The van der Waals surface area contributed by atoms with Crippen LogP contribution in [0.4, 0.5) is 0 Å². The number of thioether (sulfide) groups is 1. The van der Waals surface area contributed by atoms with Gasteiger partial charge in [-0.2, -0.15) is 0 Å². The molecule has 2 aromatic rings. The standard InChI is InChI=1S/C13H13NOS/c1-15-12-6-4-5-11(9-12)10-16-13-7-2-3-8-14-13/h2-9H,10H2,1H3. The van der Waals surface area contributed by atoms with Crippen LogP contribution in [0.1, 0.15) is 5.56 Å². The van der Waals surface area contributed by atoms with Crippen molar-refractivity contribution in [3.8, 4) is 5.75 Å². The second kappa shape index (κ2) is 5.56. The molecular formula is C13H13NOS. The lowest BCUT2D eigenvalue weighted by Crippen LogP contribution is -1.86. The molecule has 0 unspecified atom stereocenters. The highest BCUT2D eigenvalue weighted by molar-refractivity contribution is 7.98. The van der Waals surface area contributed by atoms with Crippen molar-refractivity contribution >= 4 is 11.8 Å². The highest BCUT2D eigenvalue weighted by atomic mass is 32.2. The molecule has 0 bridgehead atoms. The number of aromatic nitrogens is 1. The van der Waals surface area contributed by atoms with Crippen LogP contribution in [0.25, 0.3) is 0 Å². The summed E-state index contributed by atoms with van der Waals surface area (Å²) in [5.74, 6) is 1.81. The molecule has 0 fully saturated rings. The van der Waals surface area contributed by atoms with E-state index in [1.54, 1.807) is 18.9 Å². The number of hydrogen-bond donors (Lipinski definition) is 0. The van der Waals surface area contributed by atoms with Gasteiger partial charge in [0.25, 0.3) is 0 Å². The van der Waals surface area contributed by atoms with E-state index in [0.717, 1.165) is 16.5 Å². The molecule has 2 rings (SSSR count). The van der Waals surface area contributed by atoms with Crippen LogP contribution in [0.5, 0.6) is 5.75 Å². The molecule has 0 N–H and O–H groups in total. The Kier molecular flexibility index (Phi) is 3.83. The Hall–Kier alpha value is -1.48. The zero-order valence-corrected chi connectivity index (χ0v) is 9.91. The molecule has 0 saturated carbocycles. The molecule has 82 valence electrons. The predicted molar refractivity (Wildman–Crippen MR) is 66.8 cm³/mol. The Balaban J connectivity index is 1.99. The molecule has 16 heavy (non-hydrogen) atoms. The number of methoxy groups -OCH3 is 1. The average Bonchev–Trinajstić information content (AvgIpc) is 2.38. The minimum absolute atomic E-state index is 0.902. The number of hydrogen-bond acceptors (Lipinski definition) is 3. The van der Waals surface area contributed by atoms with Crippen molar-refractivity contribution < 1.29 is 4.74 Å². The van der Waals surface area contributed by atoms with Gasteiger partial charge < -0.3 is 4.74 Å². The fraction of sp³-hybridized carbons (Fsp3) is 0.154. The normalized spacial score (nSPS) is 10.1. The van der Waals surface area contributed by atoms with Gasteiger partial charge in [0, 0.05) is 11.9 Å². The van der Waals surface area contributed by atoms with E-state index in [4.69, 9.17) is 4.74 Å². The van der Waals surface area contributed by atoms with Gasteiger partial charge in [0.05, 0.1) is 12.1 Å². The van der Waals surface area contributed by atoms with Crippen LogP contribution < -0.4 is 4.74 Å². The predicted octanol–water partition coefficient (Wildman–Crippen LogP) is 3.38. The first-order chi connectivity index (χ1) is 7.88. The fourth-order valence-electron chi connectivity index (χ4n) is 1.35. The van der Waals surface area contributed by atoms with E-state index in [1.807, 2.05) is 36.5 Å². The Bertz CT molecular complexity index is 445. The highest BCUT2D eigenvalue weighted by Crippen LogP contribution is 2.22. The number of ether oxygens (including phenoxy) is 1. The molecule has 1 aromatic carbocycles. The van der Waals surface area contributed by atoms with Crippen LogP contribution in [0, 0.1) is 0 Å². The molecular weight excluding hydrogens is 218 g/mol. The molecule has 3 heteroatoms. The Morgan fingerprint density at radius 3 is 2.88 bits per heavy atom. The molecule has 0 amide bonds. The summed E-state index contributed by atoms with van der Waals surface area (Å²) >= 11 is 1.73. The quantitative estimate of drug-likeness (QED) is 0.753. The first-order valence-corrected chi connectivity index (χ1v) is 6.04. The van der Waals surface area contributed by atoms with Gasteiger partial charge >= 0.3 is 0 Å². The molecule has 0 aliphatic heterocycles. The van der Waals surface area contributed by atoms with Crippen LogP contribution in [-0.2, 0) is 5.75 Å². The topological polar surface area (TPSA) is 22.1 Å². The van der Waals surface area contributed by atoms with Gasteiger partial charge in [-0.1, -0.05) is 18.2 Å². The molecule has 0 aliphatic rings. The van der Waals surface area contributed by atoms with Crippen LogP contribution in [0.3, 0.4) is 0 Å². The van der Waals surface area contributed by atoms with Gasteiger partial charge in [-0.15, -0.1) is 11.8 Å². The van der Waals surface area contributed by atoms with Crippen molar-refractivity contribution in [2.45, 2.75) is 10.8 Å². The second-order valence-electron chi connectivity index (χ2n) is 3.31. The first kappa shape index (κ1) is 11.0. The fourth-order valence-corrected chi connectivity index (χ4v) is 2.16. The van der Waals surface area contributed by atoms with E-state index in [-0.39, 0.29) is 0 Å². The van der Waals surface area contributed by atoms with Gasteiger partial charge in [0.2, 0.25) is 0 Å². The minimum atomic E-state index is 0.902. The molecule has 2 nitrogen and oxygen atoms in total. The van der Waals surface area contributed by atoms with E-state index in [1.165, 1.54) is 5.56 Å². The van der Waals surface area contributed by atoms with E-state index in [0.29, 0.717) is 0 Å². The van der Waals surface area contributed by atoms with Crippen LogP contribution >= 0.6 is 11.8 Å². The summed E-state index contributed by atoms with van der Waals surface area (Å²) in [4.78, 5) is 4.27. The van der Waals surface area contributed by atoms with Crippen LogP contribution in [0.15, 0.2) is 53.7 Å². The largest absolute Gasteiger partial charge is 0.497 e. The van der Waals surface area contributed by atoms with Crippen LogP contribution in [-0.4, -0.2) is 12.1 Å². The average molecular weight is 231 g/mol. The van der Waals surface area contributed by atoms with Gasteiger partial charge in [-0.3, -0.25) is 0 Å². The number of rotatable bonds is 4. The van der Waals surface area contributed by atoms with Crippen molar-refractivity contribution in [3.63, 3.8) is 0 Å². The smallest absolute Gasteiger partial charge is 0.119 e. The second-order valence-corrected chi connectivity index (χ2v) is 4.30. The monoisotopic (exact) mass is 231 g/mol. The Morgan fingerprint density at radius 1 is 1.19 bits per heavy atom. The Morgan fingerprint density at radius 2 is 2.12 bits per heavy atom. The summed E-state index contributed by atoms with van der Waals surface area (Å²) in [5.41, 5.74) is 1.25. The summed E-state index contributed by atoms with van der Waals surface area (Å²) in [7, 11) is 1.69. The zero-order chi connectivity index (χ0) is 11.2. The summed E-state index contributed by atoms with van der Waals surface area (Å²) in [6.07, 6.45) is 1.81. The third-order valence-corrected chi connectivity index (χ3v) is 3.17. The minimum Gasteiger partial charge on any atom is -0.497 e. The van der Waals surface area contributed by atoms with Crippen molar-refractivity contribution in [2.75, 3.05) is 7.11 Å². The van der Waals surface area contributed by atoms with Crippen molar-refractivity contribution in [3.05, 3.63) is 54.2 Å². The van der Waals surface area contributed by atoms with E-state index < -0.39 is 0 Å². The van der Waals surface area contributed by atoms with Gasteiger partial charge in [0.15, 0.2) is 0 Å². The highest BCUT2D eigenvalue weighted by Gasteiger charge is 1.98. The van der Waals surface area contributed by atoms with Gasteiger partial charge in [-0.25, -0.2) is 4.98 Å². The van der Waals surface area contributed by atoms with E-state index >= 15 is 0 Å². The first-order valence-electron chi connectivity index (χ1n) is 5.05. The zero-order valence-electron chi connectivity index (χ0n) is 9.09. The number of pyridine rings is 1. The summed E-state index contributed by atoms with van der Waals surface area (Å²) in [5, 5.41) is 1.05. The molecule has 1 heterocycles. The summed E-state index contributed by atoms with van der Waals surface area (Å²) < 4.78 is 5.18. The maximum absolute atomic E-state index is 5.18. The van der Waals surface area contributed by atoms with Crippen molar-refractivity contribution in [1.82, 2.24) is 4.98 Å². The van der Waals surface area contributed by atoms with E-state index in [2.05, 4.69) is 17.1 Å². The Labute approximate surface area is 99.7 Å². The molecule has 0 saturated heterocycles. The van der Waals surface area contributed by atoms with Crippen LogP contribution in [0.2, 0.25) is 0 Å². The van der Waals surface area contributed by atoms with Gasteiger partial charge in [0.1, 0.15) is 5.75 Å². The van der Waals surface area contributed by atoms with Crippen molar-refractivity contribution in [1.29, 1.82) is 0 Å². The molecule has 0 aliphatic carbocycles. The molecule has 1 aromatic heterocycles. The third kappa shape index (κ3) is 3.00. The third-order valence-electron chi connectivity index (χ3n) is 2.16. The maximum Gasteiger partial charge on any atom is 0.119 e. The van der Waals surface area contributed by atoms with E-state index in [9.17, 15) is 0 Å².